The van der Waals surface area contributed by atoms with Crippen molar-refractivity contribution in [2.45, 2.75) is 33.2 Å². The number of aryl methyl sites for hydroxylation is 2. The summed E-state index contributed by atoms with van der Waals surface area (Å²) in [5.74, 6) is 1.08. The first kappa shape index (κ1) is 22.0. The quantitative estimate of drug-likeness (QED) is 0.335. The van der Waals surface area contributed by atoms with Gasteiger partial charge in [-0.25, -0.2) is 0 Å². The topological polar surface area (TPSA) is 95.4 Å². The number of esters is 1. The van der Waals surface area contributed by atoms with Gasteiger partial charge in [0.25, 0.3) is 0 Å². The first-order valence-corrected chi connectivity index (χ1v) is 11.8. The zero-order valence-corrected chi connectivity index (χ0v) is 20.3. The number of fused-ring (bicyclic) bond motifs is 3. The summed E-state index contributed by atoms with van der Waals surface area (Å²) in [5.41, 5.74) is 12.8. The average Bonchev–Trinajstić information content (AvgIpc) is 3.31. The molecule has 0 unspecified atom stereocenters. The summed E-state index contributed by atoms with van der Waals surface area (Å²) in [5, 5.41) is 9.73. The number of nitrogen functional groups attached to an aromatic ring is 1. The summed E-state index contributed by atoms with van der Waals surface area (Å²) in [6, 6.07) is 15.7. The van der Waals surface area contributed by atoms with Crippen LogP contribution in [-0.4, -0.2) is 33.6 Å². The Morgan fingerprint density at radius 3 is 2.26 bits per heavy atom. The van der Waals surface area contributed by atoms with Gasteiger partial charge in [0, 0.05) is 21.7 Å². The van der Waals surface area contributed by atoms with Crippen LogP contribution in [0.4, 0.5) is 5.69 Å². The molecule has 0 radical (unpaired) electrons. The van der Waals surface area contributed by atoms with Crippen LogP contribution < -0.4 is 5.73 Å². The molecule has 5 rings (SSSR count). The molecule has 0 bridgehead atoms. The number of thiophene rings is 1. The Balaban J connectivity index is 1.67. The average molecular weight is 472 g/mol. The van der Waals surface area contributed by atoms with Crippen LogP contribution in [0.15, 0.2) is 53.5 Å². The van der Waals surface area contributed by atoms with Crippen LogP contribution >= 0.6 is 11.3 Å². The molecule has 0 spiro atoms. The SMILES string of the molecule is COC(=O)C[C@@H]1N=C(c2ccc(-c3ccc(N)cc3)cc2)c2c(sc(C)c2C)-n2c(C)nnc21. The highest BCUT2D eigenvalue weighted by Crippen LogP contribution is 2.39. The Morgan fingerprint density at radius 2 is 1.62 bits per heavy atom. The molecule has 172 valence electrons. The van der Waals surface area contributed by atoms with Gasteiger partial charge in [0.05, 0.1) is 19.2 Å². The molecule has 1 atom stereocenters. The monoisotopic (exact) mass is 471 g/mol. The highest BCUT2D eigenvalue weighted by Gasteiger charge is 2.32. The van der Waals surface area contributed by atoms with E-state index in [4.69, 9.17) is 15.5 Å². The molecule has 1 aliphatic heterocycles. The second kappa shape index (κ2) is 8.53. The summed E-state index contributed by atoms with van der Waals surface area (Å²) in [4.78, 5) is 18.6. The van der Waals surface area contributed by atoms with Gasteiger partial charge in [-0.05, 0) is 49.6 Å². The number of methoxy groups -OCH3 is 1. The molecule has 2 N–H and O–H groups in total. The molecule has 1 aliphatic rings. The van der Waals surface area contributed by atoms with E-state index in [0.717, 1.165) is 44.5 Å². The second-order valence-electron chi connectivity index (χ2n) is 8.38. The zero-order valence-electron chi connectivity index (χ0n) is 19.5. The van der Waals surface area contributed by atoms with E-state index in [-0.39, 0.29) is 12.4 Å². The van der Waals surface area contributed by atoms with Crippen LogP contribution in [0.1, 0.15) is 45.7 Å². The minimum Gasteiger partial charge on any atom is -0.469 e. The maximum atomic E-state index is 12.3. The van der Waals surface area contributed by atoms with Crippen molar-refractivity contribution in [1.82, 2.24) is 14.8 Å². The van der Waals surface area contributed by atoms with E-state index in [2.05, 4.69) is 48.3 Å². The van der Waals surface area contributed by atoms with Gasteiger partial charge in [-0.1, -0.05) is 36.4 Å². The first-order chi connectivity index (χ1) is 16.4. The van der Waals surface area contributed by atoms with Crippen molar-refractivity contribution in [3.8, 4) is 16.1 Å². The number of carbonyl (C=O) groups excluding carboxylic acids is 1. The fourth-order valence-corrected chi connectivity index (χ4v) is 5.48. The van der Waals surface area contributed by atoms with Crippen molar-refractivity contribution < 1.29 is 9.53 Å². The fourth-order valence-electron chi connectivity index (χ4n) is 4.26. The maximum Gasteiger partial charge on any atom is 0.308 e. The van der Waals surface area contributed by atoms with Crippen LogP contribution in [-0.2, 0) is 9.53 Å². The molecule has 0 amide bonds. The number of hydrogen-bond acceptors (Lipinski definition) is 7. The number of carbonyl (C=O) groups is 1. The van der Waals surface area contributed by atoms with E-state index in [1.165, 1.54) is 17.6 Å². The number of anilines is 1. The molecule has 4 aromatic rings. The van der Waals surface area contributed by atoms with Gasteiger partial charge in [-0.15, -0.1) is 21.5 Å². The lowest BCUT2D eigenvalue weighted by Gasteiger charge is -2.12. The van der Waals surface area contributed by atoms with Gasteiger partial charge >= 0.3 is 5.97 Å². The Hall–Kier alpha value is -3.78. The molecular weight excluding hydrogens is 446 g/mol. The van der Waals surface area contributed by atoms with Crippen LogP contribution in [0.5, 0.6) is 0 Å². The van der Waals surface area contributed by atoms with Gasteiger partial charge in [0.15, 0.2) is 5.82 Å². The van der Waals surface area contributed by atoms with Gasteiger partial charge in [-0.2, -0.15) is 0 Å². The number of aromatic nitrogens is 3. The van der Waals surface area contributed by atoms with Gasteiger partial charge < -0.3 is 10.5 Å². The summed E-state index contributed by atoms with van der Waals surface area (Å²) >= 11 is 1.69. The lowest BCUT2D eigenvalue weighted by molar-refractivity contribution is -0.141. The first-order valence-electron chi connectivity index (χ1n) is 11.0. The van der Waals surface area contributed by atoms with Crippen LogP contribution in [0.25, 0.3) is 16.1 Å². The predicted molar refractivity (Wildman–Crippen MR) is 135 cm³/mol. The van der Waals surface area contributed by atoms with Crippen LogP contribution in [0.3, 0.4) is 0 Å². The standard InChI is InChI=1S/C26H25N5O2S/c1-14-15(2)34-26-23(14)24(19-7-5-17(6-8-19)18-9-11-20(27)12-10-18)28-21(13-22(32)33-4)25-30-29-16(3)31(25)26/h5-12,21H,13,27H2,1-4H3/t21-/m0/s1. The lowest BCUT2D eigenvalue weighted by Crippen LogP contribution is -2.12. The molecule has 34 heavy (non-hydrogen) atoms. The maximum absolute atomic E-state index is 12.3. The smallest absolute Gasteiger partial charge is 0.308 e. The summed E-state index contributed by atoms with van der Waals surface area (Å²) < 4.78 is 6.99. The van der Waals surface area contributed by atoms with Crippen molar-refractivity contribution in [3.05, 3.63) is 81.7 Å². The molecule has 2 aromatic heterocycles. The normalized spacial score (nSPS) is 14.7. The van der Waals surface area contributed by atoms with Crippen LogP contribution in [0.2, 0.25) is 0 Å². The third-order valence-corrected chi connectivity index (χ3v) is 7.42. The van der Waals surface area contributed by atoms with E-state index in [1.807, 2.05) is 35.8 Å². The molecule has 0 fully saturated rings. The number of nitrogens with two attached hydrogens (primary N) is 1. The molecule has 8 heteroatoms. The summed E-state index contributed by atoms with van der Waals surface area (Å²) in [7, 11) is 1.39. The Morgan fingerprint density at radius 1 is 1.00 bits per heavy atom. The van der Waals surface area contributed by atoms with Gasteiger partial charge in [0.1, 0.15) is 16.9 Å². The fraction of sp³-hybridized carbons (Fsp3) is 0.231. The zero-order chi connectivity index (χ0) is 24.0. The number of aliphatic imine (C=N–C) groups is 1. The molecule has 0 aliphatic carbocycles. The van der Waals surface area contributed by atoms with Crippen molar-refractivity contribution >= 4 is 28.7 Å². The molecule has 2 aromatic carbocycles. The Labute approximate surface area is 201 Å². The number of hydrogen-bond donors (Lipinski definition) is 1. The number of rotatable bonds is 4. The van der Waals surface area contributed by atoms with E-state index >= 15 is 0 Å². The van der Waals surface area contributed by atoms with E-state index in [1.54, 1.807) is 11.3 Å². The Bertz CT molecular complexity index is 1410. The molecule has 3 heterocycles. The molecule has 0 saturated heterocycles. The van der Waals surface area contributed by atoms with Crippen molar-refractivity contribution in [3.63, 3.8) is 0 Å². The van der Waals surface area contributed by atoms with E-state index in [0.29, 0.717) is 5.82 Å². The van der Waals surface area contributed by atoms with Crippen molar-refractivity contribution in [2.24, 2.45) is 4.99 Å². The van der Waals surface area contributed by atoms with E-state index < -0.39 is 6.04 Å². The highest BCUT2D eigenvalue weighted by atomic mass is 32.1. The minimum absolute atomic E-state index is 0.0919. The second-order valence-corrected chi connectivity index (χ2v) is 9.58. The minimum atomic E-state index is -0.500. The van der Waals surface area contributed by atoms with Crippen LogP contribution in [0, 0.1) is 20.8 Å². The molecule has 7 nitrogen and oxygen atoms in total. The third-order valence-electron chi connectivity index (χ3n) is 6.23. The summed E-state index contributed by atoms with van der Waals surface area (Å²) in [6.07, 6.45) is 0.0919. The number of nitrogens with zero attached hydrogens (tertiary/aromatic N) is 4. The van der Waals surface area contributed by atoms with Gasteiger partial charge in [-0.3, -0.25) is 14.4 Å². The highest BCUT2D eigenvalue weighted by molar-refractivity contribution is 7.15. The van der Waals surface area contributed by atoms with Crippen molar-refractivity contribution in [2.75, 3.05) is 12.8 Å². The number of ether oxygens (including phenoxy) is 1. The Kier molecular flexibility index (Phi) is 5.53. The predicted octanol–water partition coefficient (Wildman–Crippen LogP) is 4.96. The lowest BCUT2D eigenvalue weighted by atomic mass is 9.97. The van der Waals surface area contributed by atoms with E-state index in [9.17, 15) is 4.79 Å². The van der Waals surface area contributed by atoms with Gasteiger partial charge in [0.2, 0.25) is 0 Å². The number of benzene rings is 2. The van der Waals surface area contributed by atoms with Crippen molar-refractivity contribution in [1.29, 1.82) is 0 Å². The molecule has 0 saturated carbocycles. The largest absolute Gasteiger partial charge is 0.469 e. The molecular formula is C26H25N5O2S. The summed E-state index contributed by atoms with van der Waals surface area (Å²) in [6.45, 7) is 6.15. The third kappa shape index (κ3) is 3.70.